The number of benzene rings is 1. The highest BCUT2D eigenvalue weighted by atomic mass is 15.3. The number of amidine groups is 1. The Bertz CT molecular complexity index is 486. The summed E-state index contributed by atoms with van der Waals surface area (Å²) in [4.78, 5) is 0. The predicted octanol–water partition coefficient (Wildman–Crippen LogP) is 1.92. The average molecular weight is 202 g/mol. The van der Waals surface area contributed by atoms with Gasteiger partial charge in [0.15, 0.2) is 0 Å². The molecule has 1 unspecified atom stereocenters. The molecule has 0 aliphatic carbocycles. The van der Waals surface area contributed by atoms with Crippen LogP contribution in [-0.4, -0.2) is 15.6 Å². The van der Waals surface area contributed by atoms with Crippen LogP contribution in [0.1, 0.15) is 19.4 Å². The van der Waals surface area contributed by atoms with Gasteiger partial charge in [-0.05, 0) is 13.0 Å². The van der Waals surface area contributed by atoms with Crippen molar-refractivity contribution in [2.75, 3.05) is 0 Å². The van der Waals surface area contributed by atoms with Gasteiger partial charge in [0.25, 0.3) is 0 Å². The molecule has 0 aliphatic heterocycles. The van der Waals surface area contributed by atoms with Gasteiger partial charge in [0.1, 0.15) is 0 Å². The molecule has 0 radical (unpaired) electrons. The second kappa shape index (κ2) is 3.73. The van der Waals surface area contributed by atoms with Crippen LogP contribution in [0.25, 0.3) is 10.9 Å². The molecule has 0 saturated heterocycles. The Morgan fingerprint density at radius 3 is 3.00 bits per heavy atom. The van der Waals surface area contributed by atoms with Crippen LogP contribution in [0.2, 0.25) is 0 Å². The van der Waals surface area contributed by atoms with Crippen molar-refractivity contribution >= 4 is 16.7 Å². The topological polar surface area (TPSA) is 67.7 Å². The summed E-state index contributed by atoms with van der Waals surface area (Å²) < 4.78 is 1.91. The van der Waals surface area contributed by atoms with Crippen LogP contribution >= 0.6 is 0 Å². The van der Waals surface area contributed by atoms with Crippen molar-refractivity contribution in [3.63, 3.8) is 0 Å². The summed E-state index contributed by atoms with van der Waals surface area (Å²) in [5.74, 6) is 0.196. The molecule has 1 aromatic carbocycles. The van der Waals surface area contributed by atoms with E-state index in [1.807, 2.05) is 42.1 Å². The van der Waals surface area contributed by atoms with E-state index in [1.165, 1.54) is 0 Å². The predicted molar refractivity (Wildman–Crippen MR) is 61.0 cm³/mol. The zero-order valence-electron chi connectivity index (χ0n) is 8.64. The van der Waals surface area contributed by atoms with Gasteiger partial charge in [-0.15, -0.1) is 0 Å². The molecule has 1 aromatic heterocycles. The van der Waals surface area contributed by atoms with Gasteiger partial charge < -0.3 is 5.73 Å². The molecule has 0 aliphatic rings. The number of nitrogens with two attached hydrogens (primary N) is 1. The molecule has 4 heteroatoms. The summed E-state index contributed by atoms with van der Waals surface area (Å²) in [5, 5.41) is 12.7. The molecule has 1 heterocycles. The van der Waals surface area contributed by atoms with Crippen LogP contribution < -0.4 is 5.73 Å². The SMILES string of the molecule is CC(CC(=N)N)n1ncc2ccccc21. The number of nitrogens with one attached hydrogen (secondary N) is 1. The first kappa shape index (κ1) is 9.71. The van der Waals surface area contributed by atoms with E-state index in [0.29, 0.717) is 6.42 Å². The third-order valence-corrected chi connectivity index (χ3v) is 2.44. The monoisotopic (exact) mass is 202 g/mol. The van der Waals surface area contributed by atoms with Crippen molar-refractivity contribution in [3.05, 3.63) is 30.5 Å². The largest absolute Gasteiger partial charge is 0.388 e. The molecule has 0 fully saturated rings. The lowest BCUT2D eigenvalue weighted by molar-refractivity contribution is 0.521. The fraction of sp³-hybridized carbons (Fsp3) is 0.273. The van der Waals surface area contributed by atoms with Gasteiger partial charge >= 0.3 is 0 Å². The molecule has 2 aromatic rings. The number of para-hydroxylation sites is 1. The highest BCUT2D eigenvalue weighted by Crippen LogP contribution is 2.18. The van der Waals surface area contributed by atoms with Gasteiger partial charge in [0.05, 0.1) is 23.6 Å². The standard InChI is InChI=1S/C11H14N4/c1-8(6-11(12)13)15-10-5-3-2-4-9(10)7-14-15/h2-5,7-8H,6H2,1H3,(H3,12,13). The molecule has 1 atom stereocenters. The van der Waals surface area contributed by atoms with E-state index in [0.717, 1.165) is 10.9 Å². The lowest BCUT2D eigenvalue weighted by Gasteiger charge is -2.12. The molecule has 3 N–H and O–H groups in total. The van der Waals surface area contributed by atoms with Gasteiger partial charge in [0, 0.05) is 11.8 Å². The van der Waals surface area contributed by atoms with Gasteiger partial charge in [-0.3, -0.25) is 10.1 Å². The van der Waals surface area contributed by atoms with E-state index in [-0.39, 0.29) is 11.9 Å². The van der Waals surface area contributed by atoms with Crippen LogP contribution in [-0.2, 0) is 0 Å². The van der Waals surface area contributed by atoms with Gasteiger partial charge in [-0.25, -0.2) is 0 Å². The molecule has 0 spiro atoms. The van der Waals surface area contributed by atoms with Crippen molar-refractivity contribution in [2.45, 2.75) is 19.4 Å². The zero-order chi connectivity index (χ0) is 10.8. The fourth-order valence-electron chi connectivity index (χ4n) is 1.75. The highest BCUT2D eigenvalue weighted by Gasteiger charge is 2.09. The van der Waals surface area contributed by atoms with Crippen molar-refractivity contribution in [1.82, 2.24) is 9.78 Å². The van der Waals surface area contributed by atoms with Crippen LogP contribution in [0.4, 0.5) is 0 Å². The molecule has 78 valence electrons. The lowest BCUT2D eigenvalue weighted by Crippen LogP contribution is -2.17. The lowest BCUT2D eigenvalue weighted by atomic mass is 10.2. The summed E-state index contributed by atoms with van der Waals surface area (Å²) in [6.45, 7) is 2.01. The normalized spacial score (nSPS) is 12.9. The second-order valence-corrected chi connectivity index (χ2v) is 3.73. The van der Waals surface area contributed by atoms with Crippen molar-refractivity contribution in [2.24, 2.45) is 5.73 Å². The van der Waals surface area contributed by atoms with Gasteiger partial charge in [-0.2, -0.15) is 5.10 Å². The van der Waals surface area contributed by atoms with Crippen LogP contribution in [0.5, 0.6) is 0 Å². The number of fused-ring (bicyclic) bond motifs is 1. The fourth-order valence-corrected chi connectivity index (χ4v) is 1.75. The van der Waals surface area contributed by atoms with Crippen molar-refractivity contribution in [1.29, 1.82) is 5.41 Å². The number of nitrogens with zero attached hydrogens (tertiary/aromatic N) is 2. The molecule has 0 amide bonds. The first-order chi connectivity index (χ1) is 7.18. The Morgan fingerprint density at radius 2 is 2.27 bits per heavy atom. The quantitative estimate of drug-likeness (QED) is 0.589. The van der Waals surface area contributed by atoms with E-state index >= 15 is 0 Å². The third-order valence-electron chi connectivity index (χ3n) is 2.44. The highest BCUT2D eigenvalue weighted by molar-refractivity contribution is 5.80. The number of aromatic nitrogens is 2. The third kappa shape index (κ3) is 1.83. The van der Waals surface area contributed by atoms with E-state index in [2.05, 4.69) is 5.10 Å². The van der Waals surface area contributed by atoms with E-state index in [9.17, 15) is 0 Å². The van der Waals surface area contributed by atoms with Crippen LogP contribution in [0.15, 0.2) is 30.5 Å². The number of rotatable bonds is 3. The zero-order valence-corrected chi connectivity index (χ0v) is 8.64. The minimum absolute atomic E-state index is 0.127. The summed E-state index contributed by atoms with van der Waals surface area (Å²) in [7, 11) is 0. The van der Waals surface area contributed by atoms with E-state index in [1.54, 1.807) is 0 Å². The van der Waals surface area contributed by atoms with E-state index in [4.69, 9.17) is 11.1 Å². The number of hydrogen-bond donors (Lipinski definition) is 2. The molecular formula is C11H14N4. The Morgan fingerprint density at radius 1 is 1.53 bits per heavy atom. The van der Waals surface area contributed by atoms with Crippen molar-refractivity contribution in [3.8, 4) is 0 Å². The molecule has 0 saturated carbocycles. The maximum absolute atomic E-state index is 7.27. The van der Waals surface area contributed by atoms with Crippen LogP contribution in [0, 0.1) is 5.41 Å². The molecule has 0 bridgehead atoms. The Balaban J connectivity index is 2.39. The molecule has 15 heavy (non-hydrogen) atoms. The Kier molecular flexibility index (Phi) is 2.41. The summed E-state index contributed by atoms with van der Waals surface area (Å²) in [6, 6.07) is 8.16. The maximum atomic E-state index is 7.27. The minimum Gasteiger partial charge on any atom is -0.388 e. The minimum atomic E-state index is 0.127. The van der Waals surface area contributed by atoms with Gasteiger partial charge in [0.2, 0.25) is 0 Å². The maximum Gasteiger partial charge on any atom is 0.0926 e. The van der Waals surface area contributed by atoms with E-state index < -0.39 is 0 Å². The van der Waals surface area contributed by atoms with Crippen molar-refractivity contribution < 1.29 is 0 Å². The molecule has 4 nitrogen and oxygen atoms in total. The Hall–Kier alpha value is -1.84. The average Bonchev–Trinajstić information content (AvgIpc) is 2.59. The van der Waals surface area contributed by atoms with Gasteiger partial charge in [-0.1, -0.05) is 18.2 Å². The second-order valence-electron chi connectivity index (χ2n) is 3.73. The summed E-state index contributed by atoms with van der Waals surface area (Å²) >= 11 is 0. The first-order valence-corrected chi connectivity index (χ1v) is 4.93. The molecule has 2 rings (SSSR count). The smallest absolute Gasteiger partial charge is 0.0926 e. The summed E-state index contributed by atoms with van der Waals surface area (Å²) in [6.07, 6.45) is 2.37. The number of hydrogen-bond acceptors (Lipinski definition) is 2. The first-order valence-electron chi connectivity index (χ1n) is 4.93. The van der Waals surface area contributed by atoms with Crippen LogP contribution in [0.3, 0.4) is 0 Å². The summed E-state index contributed by atoms with van der Waals surface area (Å²) in [5.41, 5.74) is 6.47. The molecular weight excluding hydrogens is 188 g/mol. The Labute approximate surface area is 88.2 Å².